The van der Waals surface area contributed by atoms with Crippen LogP contribution in [-0.2, 0) is 9.47 Å². The minimum Gasteiger partial charge on any atom is -0.444 e. The summed E-state index contributed by atoms with van der Waals surface area (Å²) in [6.07, 6.45) is 1.57. The van der Waals surface area contributed by atoms with Gasteiger partial charge < -0.3 is 19.7 Å². The van der Waals surface area contributed by atoms with Crippen LogP contribution in [0.15, 0.2) is 54.6 Å². The molecule has 0 spiro atoms. The summed E-state index contributed by atoms with van der Waals surface area (Å²) in [6, 6.07) is 16.8. The summed E-state index contributed by atoms with van der Waals surface area (Å²) >= 11 is 6.57. The molecule has 0 bridgehead atoms. The highest BCUT2D eigenvalue weighted by atomic mass is 35.5. The van der Waals surface area contributed by atoms with Crippen molar-refractivity contribution in [3.8, 4) is 17.2 Å². The fourth-order valence-corrected chi connectivity index (χ4v) is 6.26. The van der Waals surface area contributed by atoms with Gasteiger partial charge in [-0.3, -0.25) is 0 Å². The van der Waals surface area contributed by atoms with E-state index in [1.165, 1.54) is 6.07 Å². The lowest BCUT2D eigenvalue weighted by Gasteiger charge is -2.39. The zero-order chi connectivity index (χ0) is 35.4. The van der Waals surface area contributed by atoms with Crippen LogP contribution in [0.3, 0.4) is 0 Å². The van der Waals surface area contributed by atoms with E-state index in [1.807, 2.05) is 78.8 Å². The summed E-state index contributed by atoms with van der Waals surface area (Å²) in [6.45, 7) is 13.1. The number of amides is 2. The quantitative estimate of drug-likeness (QED) is 0.268. The minimum absolute atomic E-state index is 0.0489. The summed E-state index contributed by atoms with van der Waals surface area (Å²) in [4.78, 5) is 28.1. The van der Waals surface area contributed by atoms with E-state index in [2.05, 4.69) is 5.32 Å². The van der Waals surface area contributed by atoms with Gasteiger partial charge in [0.05, 0.1) is 11.6 Å². The van der Waals surface area contributed by atoms with Crippen LogP contribution in [0, 0.1) is 29.9 Å². The Hall–Kier alpha value is -4.16. The molecule has 256 valence electrons. The van der Waals surface area contributed by atoms with Crippen LogP contribution >= 0.6 is 11.6 Å². The molecule has 48 heavy (non-hydrogen) atoms. The molecule has 0 heterocycles. The number of aryl methyl sites for hydroxylation is 1. The lowest BCUT2D eigenvalue weighted by atomic mass is 9.85. The fourth-order valence-electron chi connectivity index (χ4n) is 6.04. The molecule has 3 aromatic carbocycles. The maximum Gasteiger partial charge on any atom is 0.410 e. The van der Waals surface area contributed by atoms with E-state index in [9.17, 15) is 19.2 Å². The average Bonchev–Trinajstić information content (AvgIpc) is 2.98. The fraction of sp³-hybridized carbons (Fsp3) is 0.447. The van der Waals surface area contributed by atoms with Gasteiger partial charge in [0.2, 0.25) is 0 Å². The molecule has 1 atom stereocenters. The van der Waals surface area contributed by atoms with E-state index < -0.39 is 40.9 Å². The predicted octanol–water partition coefficient (Wildman–Crippen LogP) is 9.67. The Bertz CT molecular complexity index is 1680. The summed E-state index contributed by atoms with van der Waals surface area (Å²) < 4.78 is 41.0. The molecule has 1 fully saturated rings. The van der Waals surface area contributed by atoms with Crippen molar-refractivity contribution in [2.24, 2.45) is 0 Å². The van der Waals surface area contributed by atoms with Gasteiger partial charge in [-0.2, -0.15) is 5.26 Å². The molecule has 0 aliphatic heterocycles. The Balaban J connectivity index is 1.73. The number of nitrogens with one attached hydrogen (secondary N) is 1. The van der Waals surface area contributed by atoms with Crippen LogP contribution in [0.25, 0.3) is 11.1 Å². The van der Waals surface area contributed by atoms with Crippen molar-refractivity contribution in [2.45, 2.75) is 103 Å². The molecule has 7 nitrogen and oxygen atoms in total. The van der Waals surface area contributed by atoms with E-state index in [4.69, 9.17) is 21.1 Å². The molecule has 2 amide bonds. The number of nitrogens with zero attached hydrogens (tertiary/aromatic N) is 2. The summed E-state index contributed by atoms with van der Waals surface area (Å²) in [5.41, 5.74) is 1.15. The van der Waals surface area contributed by atoms with Crippen LogP contribution < -0.4 is 5.32 Å². The zero-order valence-corrected chi connectivity index (χ0v) is 29.4. The van der Waals surface area contributed by atoms with Crippen molar-refractivity contribution in [2.75, 3.05) is 6.54 Å². The number of hydrogen-bond acceptors (Lipinski definition) is 5. The molecule has 3 aromatic rings. The first-order valence-electron chi connectivity index (χ1n) is 16.2. The maximum absolute atomic E-state index is 15.2. The second-order valence-corrected chi connectivity index (χ2v) is 14.8. The molecule has 1 aliphatic carbocycles. The molecule has 1 saturated carbocycles. The van der Waals surface area contributed by atoms with E-state index in [-0.39, 0.29) is 40.3 Å². The smallest absolute Gasteiger partial charge is 0.410 e. The van der Waals surface area contributed by atoms with Crippen LogP contribution in [0.2, 0.25) is 5.02 Å². The van der Waals surface area contributed by atoms with E-state index in [1.54, 1.807) is 23.1 Å². The van der Waals surface area contributed by atoms with Gasteiger partial charge in [0.15, 0.2) is 11.6 Å². The van der Waals surface area contributed by atoms with Gasteiger partial charge in [-0.05, 0) is 110 Å². The summed E-state index contributed by atoms with van der Waals surface area (Å²) in [5.74, 6) is -2.67. The molecular weight excluding hydrogens is 636 g/mol. The average molecular weight is 680 g/mol. The Morgan fingerprint density at radius 1 is 0.958 bits per heavy atom. The molecule has 10 heteroatoms. The van der Waals surface area contributed by atoms with Gasteiger partial charge in [0.25, 0.3) is 0 Å². The molecule has 0 aromatic heterocycles. The Morgan fingerprint density at radius 3 is 2.21 bits per heavy atom. The SMILES string of the molecule is Cc1cccc(C(CN(C(=O)OC(C)(C)C)C2CCC(NC(=O)OC(C)(C)C)CC2)c2ccc(Cl)c(-c3c(C#N)ccc(F)c3F)c2)c1. The van der Waals surface area contributed by atoms with Gasteiger partial charge in [0.1, 0.15) is 11.2 Å². The highest BCUT2D eigenvalue weighted by Gasteiger charge is 2.35. The van der Waals surface area contributed by atoms with Gasteiger partial charge in [-0.15, -0.1) is 0 Å². The molecule has 1 unspecified atom stereocenters. The second kappa shape index (κ2) is 14.9. The van der Waals surface area contributed by atoms with Crippen molar-refractivity contribution in [3.63, 3.8) is 0 Å². The topological polar surface area (TPSA) is 91.7 Å². The number of benzene rings is 3. The summed E-state index contributed by atoms with van der Waals surface area (Å²) in [7, 11) is 0. The first-order chi connectivity index (χ1) is 22.5. The highest BCUT2D eigenvalue weighted by molar-refractivity contribution is 6.33. The Labute approximate surface area is 287 Å². The van der Waals surface area contributed by atoms with E-state index in [0.29, 0.717) is 31.2 Å². The van der Waals surface area contributed by atoms with E-state index in [0.717, 1.165) is 17.2 Å². The molecule has 0 radical (unpaired) electrons. The molecule has 0 saturated heterocycles. The molecular formula is C38H44ClF2N3O4. The number of ether oxygens (including phenoxy) is 2. The van der Waals surface area contributed by atoms with Gasteiger partial charge in [-0.25, -0.2) is 18.4 Å². The van der Waals surface area contributed by atoms with Gasteiger partial charge >= 0.3 is 12.2 Å². The van der Waals surface area contributed by atoms with Crippen LogP contribution in [0.1, 0.15) is 95.4 Å². The number of alkyl carbamates (subject to hydrolysis) is 1. The number of nitriles is 1. The Kier molecular flexibility index (Phi) is 11.4. The third-order valence-corrected chi connectivity index (χ3v) is 8.52. The Morgan fingerprint density at radius 2 is 1.60 bits per heavy atom. The number of rotatable bonds is 7. The summed E-state index contributed by atoms with van der Waals surface area (Å²) in [5, 5.41) is 12.8. The normalized spacial score (nSPS) is 17.2. The van der Waals surface area contributed by atoms with Crippen LogP contribution in [-0.4, -0.2) is 46.9 Å². The van der Waals surface area contributed by atoms with Crippen molar-refractivity contribution >= 4 is 23.8 Å². The predicted molar refractivity (Wildman–Crippen MR) is 183 cm³/mol. The largest absolute Gasteiger partial charge is 0.444 e. The third-order valence-electron chi connectivity index (χ3n) is 8.19. The number of halogens is 3. The van der Waals surface area contributed by atoms with E-state index >= 15 is 4.39 Å². The second-order valence-electron chi connectivity index (χ2n) is 14.4. The molecule has 1 aliphatic rings. The lowest BCUT2D eigenvalue weighted by Crippen LogP contribution is -2.49. The van der Waals surface area contributed by atoms with Crippen molar-refractivity contribution in [3.05, 3.63) is 93.5 Å². The molecule has 1 N–H and O–H groups in total. The highest BCUT2D eigenvalue weighted by Crippen LogP contribution is 2.38. The maximum atomic E-state index is 15.2. The van der Waals surface area contributed by atoms with Crippen LogP contribution in [0.4, 0.5) is 18.4 Å². The first-order valence-corrected chi connectivity index (χ1v) is 16.6. The monoisotopic (exact) mass is 679 g/mol. The van der Waals surface area contributed by atoms with Crippen molar-refractivity contribution in [1.82, 2.24) is 10.2 Å². The first kappa shape index (κ1) is 36.7. The standard InChI is InChI=1S/C38H44ClF2N3O4/c1-23-9-8-10-24(19-23)30(25-11-17-31(39)29(20-25)33-26(21-42)12-18-32(40)34(33)41)22-44(36(46)48-38(5,6)7)28-15-13-27(14-16-28)43-35(45)47-37(2,3)4/h8-12,17-20,27-28,30H,13-16,22H2,1-7H3,(H,43,45). The van der Waals surface area contributed by atoms with Crippen molar-refractivity contribution in [1.29, 1.82) is 5.26 Å². The number of hydrogen-bond donors (Lipinski definition) is 1. The minimum atomic E-state index is -1.16. The van der Waals surface area contributed by atoms with Gasteiger partial charge in [0, 0.05) is 40.7 Å². The van der Waals surface area contributed by atoms with Gasteiger partial charge in [-0.1, -0.05) is 47.5 Å². The number of carbonyl (C=O) groups excluding carboxylic acids is 2. The van der Waals surface area contributed by atoms with Crippen LogP contribution in [0.5, 0.6) is 0 Å². The number of carbonyl (C=O) groups is 2. The van der Waals surface area contributed by atoms with Crippen molar-refractivity contribution < 1.29 is 27.8 Å². The lowest BCUT2D eigenvalue weighted by molar-refractivity contribution is 0.00941. The zero-order valence-electron chi connectivity index (χ0n) is 28.6. The third kappa shape index (κ3) is 9.47. The molecule has 4 rings (SSSR count).